The molecule has 1 aliphatic carbocycles. The Balaban J connectivity index is 1.39. The number of aromatic nitrogens is 5. The van der Waals surface area contributed by atoms with E-state index in [1.54, 1.807) is 29.2 Å². The summed E-state index contributed by atoms with van der Waals surface area (Å²) in [6, 6.07) is 15.7. The van der Waals surface area contributed by atoms with Gasteiger partial charge in [0.25, 0.3) is 5.91 Å². The third-order valence-corrected chi connectivity index (χ3v) is 6.99. The molecule has 9 heteroatoms. The molecule has 0 radical (unpaired) electrons. The zero-order chi connectivity index (χ0) is 26.2. The van der Waals surface area contributed by atoms with Crippen LogP contribution in [0, 0.1) is 12.8 Å². The first-order chi connectivity index (χ1) is 18.5. The summed E-state index contributed by atoms with van der Waals surface area (Å²) in [5, 5.41) is 8.74. The van der Waals surface area contributed by atoms with Crippen molar-refractivity contribution in [2.45, 2.75) is 19.1 Å². The quantitative estimate of drug-likeness (QED) is 0.409. The van der Waals surface area contributed by atoms with E-state index in [0.717, 1.165) is 28.2 Å². The van der Waals surface area contributed by atoms with E-state index in [2.05, 4.69) is 21.4 Å². The molecule has 0 fully saturated rings. The van der Waals surface area contributed by atoms with Gasteiger partial charge >= 0.3 is 0 Å². The van der Waals surface area contributed by atoms with Gasteiger partial charge in [0.2, 0.25) is 6.17 Å². The lowest BCUT2D eigenvalue weighted by molar-refractivity contribution is -0.134. The standard InChI is InChI=1S/C29H27N7O2/c1-19-16-35(18-30-19)25-14-13-21(15-26(25)38-3)23-17-36(33-32-23)28-29(37)34(2)24-12-8-7-11-22(24)27(31-28)20-9-5-4-6-10-20/h4-18,22,24,28H,1-3H3. The highest BCUT2D eigenvalue weighted by Crippen LogP contribution is 2.32. The zero-order valence-corrected chi connectivity index (χ0v) is 21.3. The molecule has 6 rings (SSSR count). The maximum absolute atomic E-state index is 13.7. The normalized spacial score (nSPS) is 20.7. The van der Waals surface area contributed by atoms with Crippen LogP contribution in [0.5, 0.6) is 5.75 Å². The Morgan fingerprint density at radius 3 is 2.55 bits per heavy atom. The number of fused-ring (bicyclic) bond motifs is 1. The Morgan fingerprint density at radius 2 is 1.79 bits per heavy atom. The summed E-state index contributed by atoms with van der Waals surface area (Å²) >= 11 is 0. The summed E-state index contributed by atoms with van der Waals surface area (Å²) in [5.41, 5.74) is 5.03. The van der Waals surface area contributed by atoms with Crippen molar-refractivity contribution in [2.24, 2.45) is 10.9 Å². The topological polar surface area (TPSA) is 90.4 Å². The maximum atomic E-state index is 13.7. The van der Waals surface area contributed by atoms with Crippen molar-refractivity contribution in [2.75, 3.05) is 14.2 Å². The minimum atomic E-state index is -0.876. The van der Waals surface area contributed by atoms with E-state index in [1.165, 1.54) is 0 Å². The van der Waals surface area contributed by atoms with Crippen molar-refractivity contribution in [3.05, 3.63) is 103 Å². The van der Waals surface area contributed by atoms with Crippen LogP contribution >= 0.6 is 0 Å². The monoisotopic (exact) mass is 505 g/mol. The minimum absolute atomic E-state index is 0.0621. The zero-order valence-electron chi connectivity index (χ0n) is 21.3. The summed E-state index contributed by atoms with van der Waals surface area (Å²) in [7, 11) is 3.45. The lowest BCUT2D eigenvalue weighted by Crippen LogP contribution is -2.43. The van der Waals surface area contributed by atoms with Crippen LogP contribution in [0.4, 0.5) is 0 Å². The average molecular weight is 506 g/mol. The van der Waals surface area contributed by atoms with E-state index in [0.29, 0.717) is 11.4 Å². The van der Waals surface area contributed by atoms with Gasteiger partial charge < -0.3 is 14.2 Å². The summed E-state index contributed by atoms with van der Waals surface area (Å²) in [6.45, 7) is 1.94. The van der Waals surface area contributed by atoms with Gasteiger partial charge in [-0.15, -0.1) is 5.10 Å². The van der Waals surface area contributed by atoms with Gasteiger partial charge in [-0.1, -0.05) is 65.9 Å². The lowest BCUT2D eigenvalue weighted by Gasteiger charge is -2.31. The van der Waals surface area contributed by atoms with E-state index >= 15 is 0 Å². The van der Waals surface area contributed by atoms with Crippen molar-refractivity contribution in [3.8, 4) is 22.7 Å². The average Bonchev–Trinajstić information content (AvgIpc) is 3.60. The molecule has 1 aliphatic heterocycles. The summed E-state index contributed by atoms with van der Waals surface area (Å²) in [6.07, 6.45) is 12.7. The van der Waals surface area contributed by atoms with Gasteiger partial charge in [0.1, 0.15) is 11.4 Å². The molecule has 0 saturated carbocycles. The number of benzene rings is 2. The number of ether oxygens (including phenoxy) is 1. The van der Waals surface area contributed by atoms with Crippen molar-refractivity contribution >= 4 is 11.6 Å². The fourth-order valence-corrected chi connectivity index (χ4v) is 5.00. The Labute approximate surface area is 220 Å². The number of allylic oxidation sites excluding steroid dienone is 2. The third kappa shape index (κ3) is 4.11. The Hall–Kier alpha value is -4.79. The number of methoxy groups -OCH3 is 1. The van der Waals surface area contributed by atoms with Crippen molar-refractivity contribution in [3.63, 3.8) is 0 Å². The number of aliphatic imine (C=N–C) groups is 1. The fraction of sp³-hybridized carbons (Fsp3) is 0.207. The Kier molecular flexibility index (Phi) is 5.95. The van der Waals surface area contributed by atoms with Crippen LogP contribution in [-0.2, 0) is 4.79 Å². The van der Waals surface area contributed by atoms with Crippen molar-refractivity contribution in [1.29, 1.82) is 0 Å². The third-order valence-electron chi connectivity index (χ3n) is 6.99. The molecule has 3 unspecified atom stereocenters. The SMILES string of the molecule is COc1cc(-c2cn(C3N=C(c4ccccc4)C4C=CC=CC4N(C)C3=O)nn2)ccc1-n1cnc(C)c1. The van der Waals surface area contributed by atoms with Gasteiger partial charge in [0.15, 0.2) is 0 Å². The fourth-order valence-electron chi connectivity index (χ4n) is 5.00. The van der Waals surface area contributed by atoms with Crippen LogP contribution in [0.25, 0.3) is 16.9 Å². The molecule has 3 heterocycles. The number of nitrogens with zero attached hydrogens (tertiary/aromatic N) is 7. The largest absolute Gasteiger partial charge is 0.495 e. The maximum Gasteiger partial charge on any atom is 0.270 e. The van der Waals surface area contributed by atoms with E-state index in [1.807, 2.05) is 91.5 Å². The summed E-state index contributed by atoms with van der Waals surface area (Å²) < 4.78 is 9.12. The molecule has 9 nitrogen and oxygen atoms in total. The number of carbonyl (C=O) groups is 1. The highest BCUT2D eigenvalue weighted by molar-refractivity contribution is 6.06. The number of likely N-dealkylation sites (N-methyl/N-ethyl adjacent to an activating group) is 1. The lowest BCUT2D eigenvalue weighted by atomic mass is 9.86. The first kappa shape index (κ1) is 23.6. The van der Waals surface area contributed by atoms with E-state index in [9.17, 15) is 4.79 Å². The number of hydrogen-bond acceptors (Lipinski definition) is 6. The molecule has 0 bridgehead atoms. The first-order valence-electron chi connectivity index (χ1n) is 12.4. The van der Waals surface area contributed by atoms with Gasteiger partial charge in [-0.25, -0.2) is 9.67 Å². The van der Waals surface area contributed by atoms with E-state index in [4.69, 9.17) is 9.73 Å². The highest BCUT2D eigenvalue weighted by atomic mass is 16.5. The van der Waals surface area contributed by atoms with Crippen LogP contribution in [0.2, 0.25) is 0 Å². The molecule has 0 saturated heterocycles. The predicted molar refractivity (Wildman–Crippen MR) is 144 cm³/mol. The second-order valence-corrected chi connectivity index (χ2v) is 9.38. The number of amides is 1. The molecular formula is C29H27N7O2. The number of aryl methyl sites for hydroxylation is 1. The molecule has 38 heavy (non-hydrogen) atoms. The Bertz CT molecular complexity index is 1580. The molecular weight excluding hydrogens is 478 g/mol. The molecule has 0 N–H and O–H groups in total. The number of imidazole rings is 1. The smallest absolute Gasteiger partial charge is 0.270 e. The minimum Gasteiger partial charge on any atom is -0.495 e. The molecule has 3 atom stereocenters. The second-order valence-electron chi connectivity index (χ2n) is 9.38. The van der Waals surface area contributed by atoms with Crippen molar-refractivity contribution in [1.82, 2.24) is 29.4 Å². The molecule has 1 amide bonds. The molecule has 2 aromatic carbocycles. The molecule has 2 aromatic heterocycles. The van der Waals surface area contributed by atoms with Crippen LogP contribution in [0.3, 0.4) is 0 Å². The molecule has 190 valence electrons. The van der Waals surface area contributed by atoms with Crippen LogP contribution in [-0.4, -0.2) is 61.3 Å². The van der Waals surface area contributed by atoms with Gasteiger partial charge in [-0.2, -0.15) is 0 Å². The number of rotatable bonds is 5. The van der Waals surface area contributed by atoms with Crippen LogP contribution < -0.4 is 4.74 Å². The van der Waals surface area contributed by atoms with Crippen molar-refractivity contribution < 1.29 is 9.53 Å². The summed E-state index contributed by atoms with van der Waals surface area (Å²) in [4.78, 5) is 24.7. The molecule has 0 spiro atoms. The highest BCUT2D eigenvalue weighted by Gasteiger charge is 2.38. The molecule has 4 aromatic rings. The van der Waals surface area contributed by atoms with E-state index < -0.39 is 6.17 Å². The number of hydrogen-bond donors (Lipinski definition) is 0. The van der Waals surface area contributed by atoms with Gasteiger partial charge in [-0.05, 0) is 24.6 Å². The second kappa shape index (κ2) is 9.59. The van der Waals surface area contributed by atoms with Crippen LogP contribution in [0.15, 0.2) is 96.5 Å². The predicted octanol–water partition coefficient (Wildman–Crippen LogP) is 4.02. The van der Waals surface area contributed by atoms with Crippen LogP contribution in [0.1, 0.15) is 17.4 Å². The van der Waals surface area contributed by atoms with Gasteiger partial charge in [-0.3, -0.25) is 9.79 Å². The number of carbonyl (C=O) groups excluding carboxylic acids is 1. The van der Waals surface area contributed by atoms with Gasteiger partial charge in [0.05, 0.1) is 42.8 Å². The first-order valence-corrected chi connectivity index (χ1v) is 12.4. The molecule has 2 aliphatic rings. The Morgan fingerprint density at radius 1 is 0.974 bits per heavy atom. The van der Waals surface area contributed by atoms with E-state index in [-0.39, 0.29) is 17.9 Å². The summed E-state index contributed by atoms with van der Waals surface area (Å²) in [5.74, 6) is 0.463. The van der Waals surface area contributed by atoms with Gasteiger partial charge in [0, 0.05) is 24.7 Å².